The number of carbonyl (C=O) groups excluding carboxylic acids is 1. The van der Waals surface area contributed by atoms with Crippen molar-refractivity contribution in [3.63, 3.8) is 0 Å². The third-order valence-electron chi connectivity index (χ3n) is 2.49. The maximum absolute atomic E-state index is 11.8. The first-order chi connectivity index (χ1) is 7.25. The van der Waals surface area contributed by atoms with E-state index in [4.69, 9.17) is 16.3 Å². The van der Waals surface area contributed by atoms with E-state index in [2.05, 4.69) is 0 Å². The smallest absolute Gasteiger partial charge is 0.335 e. The van der Waals surface area contributed by atoms with E-state index in [0.717, 1.165) is 0 Å². The van der Waals surface area contributed by atoms with E-state index in [1.165, 1.54) is 20.8 Å². The van der Waals surface area contributed by atoms with Gasteiger partial charge in [-0.2, -0.15) is 0 Å². The van der Waals surface area contributed by atoms with Crippen LogP contribution in [-0.2, 0) is 4.79 Å². The van der Waals surface area contributed by atoms with Gasteiger partial charge in [0, 0.05) is 0 Å². The van der Waals surface area contributed by atoms with E-state index in [1.807, 2.05) is 6.07 Å². The standard InChI is InChI=1S/C12H15ClO3/c1-11(2,15)12(3,13)10(14)16-9-7-5-4-6-8-9/h4-8,15H,1-3H3. The molecule has 1 aromatic carbocycles. The average molecular weight is 243 g/mol. The van der Waals surface area contributed by atoms with Gasteiger partial charge in [-0.15, -0.1) is 11.6 Å². The van der Waals surface area contributed by atoms with Gasteiger partial charge in [-0.1, -0.05) is 18.2 Å². The van der Waals surface area contributed by atoms with E-state index in [9.17, 15) is 9.90 Å². The first-order valence-corrected chi connectivity index (χ1v) is 5.31. The topological polar surface area (TPSA) is 46.5 Å². The lowest BCUT2D eigenvalue weighted by Gasteiger charge is -2.32. The predicted molar refractivity (Wildman–Crippen MR) is 62.6 cm³/mol. The van der Waals surface area contributed by atoms with E-state index in [-0.39, 0.29) is 0 Å². The fourth-order valence-corrected chi connectivity index (χ4v) is 0.980. The molecule has 0 fully saturated rings. The summed E-state index contributed by atoms with van der Waals surface area (Å²) in [5.41, 5.74) is -1.36. The molecule has 0 saturated carbocycles. The molecule has 1 unspecified atom stereocenters. The summed E-state index contributed by atoms with van der Waals surface area (Å²) in [5, 5.41) is 9.76. The molecule has 0 aliphatic carbocycles. The Morgan fingerprint density at radius 1 is 1.25 bits per heavy atom. The molecular weight excluding hydrogens is 228 g/mol. The number of rotatable bonds is 3. The minimum atomic E-state index is -1.48. The van der Waals surface area contributed by atoms with Crippen LogP contribution in [0.3, 0.4) is 0 Å². The molecule has 4 heteroatoms. The normalized spacial score (nSPS) is 15.3. The van der Waals surface area contributed by atoms with Crippen molar-refractivity contribution in [2.75, 3.05) is 0 Å². The number of ether oxygens (including phenoxy) is 1. The number of halogens is 1. The largest absolute Gasteiger partial charge is 0.425 e. The second kappa shape index (κ2) is 4.44. The Labute approximate surface area is 100.0 Å². The first-order valence-electron chi connectivity index (χ1n) is 4.94. The number of hydrogen-bond acceptors (Lipinski definition) is 3. The molecule has 1 atom stereocenters. The van der Waals surface area contributed by atoms with Gasteiger partial charge in [0.05, 0.1) is 5.60 Å². The molecule has 0 spiro atoms. The zero-order chi connectivity index (χ0) is 12.4. The lowest BCUT2D eigenvalue weighted by atomic mass is 9.92. The van der Waals surface area contributed by atoms with Gasteiger partial charge in [-0.3, -0.25) is 0 Å². The lowest BCUT2D eigenvalue weighted by Crippen LogP contribution is -2.51. The van der Waals surface area contributed by atoms with Crippen LogP contribution >= 0.6 is 11.6 Å². The van der Waals surface area contributed by atoms with Crippen molar-refractivity contribution in [3.8, 4) is 5.75 Å². The van der Waals surface area contributed by atoms with Crippen LogP contribution in [0.2, 0.25) is 0 Å². The molecule has 0 radical (unpaired) electrons. The lowest BCUT2D eigenvalue weighted by molar-refractivity contribution is -0.143. The molecule has 0 heterocycles. The summed E-state index contributed by atoms with van der Waals surface area (Å²) in [6.45, 7) is 4.36. The van der Waals surface area contributed by atoms with E-state index in [0.29, 0.717) is 5.75 Å². The molecule has 0 aliphatic heterocycles. The molecular formula is C12H15ClO3. The minimum Gasteiger partial charge on any atom is -0.425 e. The van der Waals surface area contributed by atoms with Crippen LogP contribution in [0.4, 0.5) is 0 Å². The quantitative estimate of drug-likeness (QED) is 0.503. The molecule has 88 valence electrons. The summed E-state index contributed by atoms with van der Waals surface area (Å²) in [7, 11) is 0. The van der Waals surface area contributed by atoms with Crippen LogP contribution in [-0.4, -0.2) is 21.6 Å². The van der Waals surface area contributed by atoms with Gasteiger partial charge in [-0.05, 0) is 32.9 Å². The molecule has 16 heavy (non-hydrogen) atoms. The van der Waals surface area contributed by atoms with Gasteiger partial charge in [-0.25, -0.2) is 4.79 Å². The van der Waals surface area contributed by atoms with Gasteiger partial charge in [0.1, 0.15) is 5.75 Å². The van der Waals surface area contributed by atoms with Crippen molar-refractivity contribution >= 4 is 17.6 Å². The maximum atomic E-state index is 11.8. The fourth-order valence-electron chi connectivity index (χ4n) is 0.941. The highest BCUT2D eigenvalue weighted by Crippen LogP contribution is 2.30. The number of hydrogen-bond donors (Lipinski definition) is 1. The average Bonchev–Trinajstić information content (AvgIpc) is 2.17. The molecule has 1 N–H and O–H groups in total. The van der Waals surface area contributed by atoms with E-state index < -0.39 is 16.4 Å². The fraction of sp³-hybridized carbons (Fsp3) is 0.417. The zero-order valence-electron chi connectivity index (χ0n) is 9.53. The maximum Gasteiger partial charge on any atom is 0.335 e. The van der Waals surface area contributed by atoms with Crippen LogP contribution in [0.5, 0.6) is 5.75 Å². The summed E-state index contributed by atoms with van der Waals surface area (Å²) >= 11 is 5.99. The molecule has 0 aliphatic rings. The second-order valence-electron chi connectivity index (χ2n) is 4.26. The Kier molecular flexibility index (Phi) is 3.61. The summed E-state index contributed by atoms with van der Waals surface area (Å²) in [6, 6.07) is 8.61. The molecule has 1 rings (SSSR count). The van der Waals surface area contributed by atoms with Crippen LogP contribution in [0.15, 0.2) is 30.3 Å². The highest BCUT2D eigenvalue weighted by atomic mass is 35.5. The number of esters is 1. The molecule has 1 aromatic rings. The predicted octanol–water partition coefficient (Wildman–Crippen LogP) is 2.36. The van der Waals surface area contributed by atoms with Gasteiger partial charge < -0.3 is 9.84 Å². The Bertz CT molecular complexity index is 366. The summed E-state index contributed by atoms with van der Waals surface area (Å²) < 4.78 is 5.07. The Morgan fingerprint density at radius 2 is 1.75 bits per heavy atom. The monoisotopic (exact) mass is 242 g/mol. The SMILES string of the molecule is CC(C)(O)C(C)(Cl)C(=O)Oc1ccccc1. The van der Waals surface area contributed by atoms with Crippen molar-refractivity contribution < 1.29 is 14.6 Å². The zero-order valence-corrected chi connectivity index (χ0v) is 10.3. The third-order valence-corrected chi connectivity index (χ3v) is 3.10. The van der Waals surface area contributed by atoms with Crippen molar-refractivity contribution in [1.82, 2.24) is 0 Å². The van der Waals surface area contributed by atoms with Crippen molar-refractivity contribution in [1.29, 1.82) is 0 Å². The molecule has 3 nitrogen and oxygen atoms in total. The number of aliphatic hydroxyl groups is 1. The number of benzene rings is 1. The summed E-state index contributed by atoms with van der Waals surface area (Å²) in [6.07, 6.45) is 0. The third kappa shape index (κ3) is 2.74. The van der Waals surface area contributed by atoms with Crippen molar-refractivity contribution in [3.05, 3.63) is 30.3 Å². The summed E-state index contributed by atoms with van der Waals surface area (Å²) in [4.78, 5) is 10.3. The van der Waals surface area contributed by atoms with Crippen LogP contribution in [0.1, 0.15) is 20.8 Å². The van der Waals surface area contributed by atoms with E-state index in [1.54, 1.807) is 24.3 Å². The molecule has 0 aromatic heterocycles. The Hall–Kier alpha value is -1.06. The highest BCUT2D eigenvalue weighted by molar-refractivity contribution is 6.34. The van der Waals surface area contributed by atoms with Gasteiger partial charge >= 0.3 is 5.97 Å². The van der Waals surface area contributed by atoms with E-state index >= 15 is 0 Å². The molecule has 0 saturated heterocycles. The Morgan fingerprint density at radius 3 is 2.19 bits per heavy atom. The van der Waals surface area contributed by atoms with Gasteiger partial charge in [0.25, 0.3) is 0 Å². The molecule has 0 amide bonds. The van der Waals surface area contributed by atoms with Crippen LogP contribution in [0.25, 0.3) is 0 Å². The highest BCUT2D eigenvalue weighted by Gasteiger charge is 2.46. The number of carbonyl (C=O) groups is 1. The van der Waals surface area contributed by atoms with Crippen LogP contribution in [0, 0.1) is 0 Å². The minimum absolute atomic E-state index is 0.406. The summed E-state index contributed by atoms with van der Waals surface area (Å²) in [5.74, 6) is -0.267. The van der Waals surface area contributed by atoms with Gasteiger partial charge in [0.15, 0.2) is 4.87 Å². The number of alkyl halides is 1. The van der Waals surface area contributed by atoms with Gasteiger partial charge in [0.2, 0.25) is 0 Å². The molecule has 0 bridgehead atoms. The van der Waals surface area contributed by atoms with Crippen LogP contribution < -0.4 is 4.74 Å². The number of para-hydroxylation sites is 1. The Balaban J connectivity index is 2.81. The second-order valence-corrected chi connectivity index (χ2v) is 5.02. The van der Waals surface area contributed by atoms with Crippen molar-refractivity contribution in [2.45, 2.75) is 31.2 Å². The first kappa shape index (κ1) is 13.0. The van der Waals surface area contributed by atoms with Crippen molar-refractivity contribution in [2.24, 2.45) is 0 Å².